The molecule has 29 heavy (non-hydrogen) atoms. The van der Waals surface area contributed by atoms with Crippen LogP contribution in [0.4, 0.5) is 5.69 Å². The second-order valence-electron chi connectivity index (χ2n) is 6.87. The van der Waals surface area contributed by atoms with Gasteiger partial charge in [0.1, 0.15) is 0 Å². The maximum atomic E-state index is 12.3. The van der Waals surface area contributed by atoms with Crippen molar-refractivity contribution < 1.29 is 9.83 Å². The first-order valence-corrected chi connectivity index (χ1v) is 11.0. The fraction of sp³-hybridized carbons (Fsp3) is 0.409. The number of rotatable bonds is 13. The molecule has 0 spiro atoms. The first-order chi connectivity index (χ1) is 14.1. The largest absolute Gasteiger partial charge is 0.308 e. The van der Waals surface area contributed by atoms with E-state index in [1.807, 2.05) is 42.5 Å². The first kappa shape index (κ1) is 22.7. The highest BCUT2D eigenvalue weighted by molar-refractivity contribution is 7.99. The number of hydrogen-bond acceptors (Lipinski definition) is 5. The molecule has 0 aliphatic heterocycles. The van der Waals surface area contributed by atoms with Gasteiger partial charge < -0.3 is 0 Å². The molecular formula is C22H29N3O3S. The number of amides is 1. The minimum atomic E-state index is -0.698. The van der Waals surface area contributed by atoms with Crippen molar-refractivity contribution in [1.82, 2.24) is 5.12 Å². The zero-order valence-corrected chi connectivity index (χ0v) is 17.7. The van der Waals surface area contributed by atoms with Gasteiger partial charge in [0.05, 0.1) is 5.69 Å². The molecule has 0 unspecified atom stereocenters. The van der Waals surface area contributed by atoms with Gasteiger partial charge in [-0.25, -0.2) is 15.5 Å². The Kier molecular flexibility index (Phi) is 10.1. The van der Waals surface area contributed by atoms with E-state index in [0.717, 1.165) is 29.1 Å². The standard InChI is InChI=1S/C22H29N3O3S/c1-2-3-4-5-6-7-11-14-22(26)24(25(27)28)23-19-15-17-21(18-16-19)29-20-12-9-8-10-13-20/h8-10,12-13,15-18,23H,2-7,11,14H2,1H3. The number of hydrogen-bond donors (Lipinski definition) is 1. The number of nitrogens with one attached hydrogen (secondary N) is 1. The molecule has 0 atom stereocenters. The average Bonchev–Trinajstić information content (AvgIpc) is 2.73. The van der Waals surface area contributed by atoms with Gasteiger partial charge in [0, 0.05) is 21.3 Å². The number of unbranched alkanes of at least 4 members (excludes halogenated alkanes) is 6. The van der Waals surface area contributed by atoms with Gasteiger partial charge in [-0.2, -0.15) is 0 Å². The summed E-state index contributed by atoms with van der Waals surface area (Å²) in [4.78, 5) is 25.7. The van der Waals surface area contributed by atoms with Crippen LogP contribution in [-0.2, 0) is 4.79 Å². The third-order valence-electron chi connectivity index (χ3n) is 4.46. The van der Waals surface area contributed by atoms with E-state index in [2.05, 4.69) is 12.3 Å². The lowest BCUT2D eigenvalue weighted by molar-refractivity contribution is -0.627. The summed E-state index contributed by atoms with van der Waals surface area (Å²) in [5, 5.41) is 11.1. The Morgan fingerprint density at radius 2 is 1.52 bits per heavy atom. The molecule has 2 aromatic rings. The summed E-state index contributed by atoms with van der Waals surface area (Å²) in [6.45, 7) is 2.17. The van der Waals surface area contributed by atoms with Gasteiger partial charge in [0.2, 0.25) is 0 Å². The van der Waals surface area contributed by atoms with Crippen molar-refractivity contribution >= 4 is 23.4 Å². The van der Waals surface area contributed by atoms with Crippen LogP contribution in [0.3, 0.4) is 0 Å². The van der Waals surface area contributed by atoms with E-state index in [0.29, 0.717) is 17.2 Å². The Bertz CT molecular complexity index is 754. The molecule has 2 aromatic carbocycles. The van der Waals surface area contributed by atoms with Crippen LogP contribution in [0.25, 0.3) is 0 Å². The Morgan fingerprint density at radius 1 is 0.931 bits per heavy atom. The SMILES string of the molecule is CCCCCCCCCC(=O)N(Nc1ccc(Sc2ccccc2)cc1)[N+](=O)[O-]. The highest BCUT2D eigenvalue weighted by atomic mass is 32.2. The van der Waals surface area contributed by atoms with Crippen LogP contribution >= 0.6 is 11.8 Å². The molecule has 0 aliphatic carbocycles. The van der Waals surface area contributed by atoms with Crippen molar-refractivity contribution in [2.45, 2.75) is 68.1 Å². The topological polar surface area (TPSA) is 75.5 Å². The summed E-state index contributed by atoms with van der Waals surface area (Å²) in [6, 6.07) is 17.2. The van der Waals surface area contributed by atoms with Gasteiger partial charge in [-0.3, -0.25) is 4.79 Å². The summed E-state index contributed by atoms with van der Waals surface area (Å²) in [5.74, 6) is -0.522. The third kappa shape index (κ3) is 8.56. The van der Waals surface area contributed by atoms with Crippen molar-refractivity contribution in [1.29, 1.82) is 0 Å². The predicted molar refractivity (Wildman–Crippen MR) is 117 cm³/mol. The fourth-order valence-electron chi connectivity index (χ4n) is 2.88. The minimum absolute atomic E-state index is 0.170. The van der Waals surface area contributed by atoms with Crippen LogP contribution in [0.1, 0.15) is 58.3 Å². The molecule has 0 radical (unpaired) electrons. The average molecular weight is 416 g/mol. The number of nitro groups is 1. The van der Waals surface area contributed by atoms with E-state index < -0.39 is 10.9 Å². The molecule has 0 saturated carbocycles. The Balaban J connectivity index is 1.81. The lowest BCUT2D eigenvalue weighted by Gasteiger charge is -2.14. The predicted octanol–water partition coefficient (Wildman–Crippen LogP) is 6.33. The molecule has 0 fully saturated rings. The normalized spacial score (nSPS) is 10.5. The molecule has 0 saturated heterocycles. The summed E-state index contributed by atoms with van der Waals surface area (Å²) in [7, 11) is 0. The Hall–Kier alpha value is -2.54. The number of nitrogens with zero attached hydrogens (tertiary/aromatic N) is 2. The highest BCUT2D eigenvalue weighted by Crippen LogP contribution is 2.28. The van der Waals surface area contributed by atoms with Crippen LogP contribution < -0.4 is 5.43 Å². The molecule has 1 amide bonds. The highest BCUT2D eigenvalue weighted by Gasteiger charge is 2.23. The fourth-order valence-corrected chi connectivity index (χ4v) is 3.72. The van der Waals surface area contributed by atoms with E-state index >= 15 is 0 Å². The Morgan fingerprint density at radius 3 is 2.14 bits per heavy atom. The monoisotopic (exact) mass is 415 g/mol. The van der Waals surface area contributed by atoms with Crippen molar-refractivity contribution in [3.8, 4) is 0 Å². The number of carbonyl (C=O) groups excluding carboxylic acids is 1. The second kappa shape index (κ2) is 12.8. The molecule has 6 nitrogen and oxygen atoms in total. The van der Waals surface area contributed by atoms with Crippen LogP contribution in [0, 0.1) is 10.1 Å². The molecule has 0 aliphatic rings. The second-order valence-corrected chi connectivity index (χ2v) is 8.01. The molecule has 1 N–H and O–H groups in total. The van der Waals surface area contributed by atoms with Gasteiger partial charge in [-0.15, -0.1) is 0 Å². The van der Waals surface area contributed by atoms with E-state index in [1.54, 1.807) is 23.9 Å². The minimum Gasteiger partial charge on any atom is -0.266 e. The van der Waals surface area contributed by atoms with E-state index in [-0.39, 0.29) is 6.42 Å². The molecule has 0 aromatic heterocycles. The van der Waals surface area contributed by atoms with Crippen LogP contribution in [0.2, 0.25) is 0 Å². The summed E-state index contributed by atoms with van der Waals surface area (Å²) in [6.07, 6.45) is 7.64. The smallest absolute Gasteiger partial charge is 0.266 e. The molecule has 2 rings (SSSR count). The van der Waals surface area contributed by atoms with E-state index in [9.17, 15) is 14.9 Å². The Labute approximate surface area is 176 Å². The lowest BCUT2D eigenvalue weighted by atomic mass is 10.1. The van der Waals surface area contributed by atoms with Gasteiger partial charge >= 0.3 is 5.91 Å². The molecular weight excluding hydrogens is 386 g/mol. The van der Waals surface area contributed by atoms with E-state index in [1.165, 1.54) is 19.3 Å². The van der Waals surface area contributed by atoms with E-state index in [4.69, 9.17) is 0 Å². The quantitative estimate of drug-likeness (QED) is 0.235. The zero-order valence-electron chi connectivity index (χ0n) is 16.9. The van der Waals surface area contributed by atoms with Crippen LogP contribution in [0.5, 0.6) is 0 Å². The van der Waals surface area contributed by atoms with Crippen molar-refractivity contribution in [2.75, 3.05) is 5.43 Å². The molecule has 7 heteroatoms. The van der Waals surface area contributed by atoms with Crippen LogP contribution in [0.15, 0.2) is 64.4 Å². The summed E-state index contributed by atoms with van der Waals surface area (Å²) >= 11 is 1.61. The first-order valence-electron chi connectivity index (χ1n) is 10.2. The third-order valence-corrected chi connectivity index (χ3v) is 5.48. The number of benzene rings is 2. The molecule has 0 heterocycles. The number of anilines is 1. The number of hydrazine groups is 2. The number of carbonyl (C=O) groups is 1. The zero-order chi connectivity index (χ0) is 20.9. The van der Waals surface area contributed by atoms with Crippen molar-refractivity contribution in [3.05, 3.63) is 64.7 Å². The summed E-state index contributed by atoms with van der Waals surface area (Å²) < 4.78 is 0. The maximum Gasteiger partial charge on any atom is 0.308 e. The molecule has 0 bridgehead atoms. The lowest BCUT2D eigenvalue weighted by Crippen LogP contribution is -2.40. The van der Waals surface area contributed by atoms with Crippen molar-refractivity contribution in [3.63, 3.8) is 0 Å². The van der Waals surface area contributed by atoms with Gasteiger partial charge in [0.15, 0.2) is 5.03 Å². The van der Waals surface area contributed by atoms with Crippen molar-refractivity contribution in [2.24, 2.45) is 0 Å². The van der Waals surface area contributed by atoms with Gasteiger partial charge in [0.25, 0.3) is 0 Å². The van der Waals surface area contributed by atoms with Crippen LogP contribution in [-0.4, -0.2) is 16.1 Å². The van der Waals surface area contributed by atoms with Gasteiger partial charge in [-0.1, -0.05) is 75.4 Å². The van der Waals surface area contributed by atoms with Gasteiger partial charge in [-0.05, 0) is 42.8 Å². The summed E-state index contributed by atoms with van der Waals surface area (Å²) in [5.41, 5.74) is 3.12. The molecule has 156 valence electrons. The maximum absolute atomic E-state index is 12.3.